The first-order valence-corrected chi connectivity index (χ1v) is 11.9. The Morgan fingerprint density at radius 1 is 0.941 bits per heavy atom. The van der Waals surface area contributed by atoms with Crippen LogP contribution in [-0.2, 0) is 19.2 Å². The fourth-order valence-electron chi connectivity index (χ4n) is 5.42. The molecule has 0 spiro atoms. The highest BCUT2D eigenvalue weighted by Gasteiger charge is 2.50. The van der Waals surface area contributed by atoms with Crippen molar-refractivity contribution in [1.29, 1.82) is 0 Å². The van der Waals surface area contributed by atoms with E-state index in [0.717, 1.165) is 30.5 Å². The van der Waals surface area contributed by atoms with E-state index in [4.69, 9.17) is 4.74 Å². The van der Waals surface area contributed by atoms with Gasteiger partial charge in [0.25, 0.3) is 0 Å². The zero-order valence-corrected chi connectivity index (χ0v) is 19.4. The van der Waals surface area contributed by atoms with Crippen LogP contribution in [0.25, 0.3) is 0 Å². The smallest absolute Gasteiger partial charge is 0.316 e. The minimum Gasteiger partial charge on any atom is -0.426 e. The van der Waals surface area contributed by atoms with Gasteiger partial charge in [-0.1, -0.05) is 19.1 Å². The Balaban J connectivity index is 1.24. The third-order valence-electron chi connectivity index (χ3n) is 7.27. The van der Waals surface area contributed by atoms with E-state index >= 15 is 0 Å². The van der Waals surface area contributed by atoms with Gasteiger partial charge in [0.1, 0.15) is 5.75 Å². The molecule has 2 aromatic carbocycles. The molecule has 0 unspecified atom stereocenters. The lowest BCUT2D eigenvalue weighted by atomic mass is 9.76. The Kier molecular flexibility index (Phi) is 5.71. The van der Waals surface area contributed by atoms with Crippen LogP contribution in [0, 0.1) is 30.6 Å². The predicted octanol–water partition coefficient (Wildman–Crippen LogP) is 3.88. The lowest BCUT2D eigenvalue weighted by Crippen LogP contribution is -2.30. The first kappa shape index (κ1) is 22.3. The van der Waals surface area contributed by atoms with Crippen molar-refractivity contribution in [3.8, 4) is 5.75 Å². The Morgan fingerprint density at radius 3 is 2.41 bits per heavy atom. The summed E-state index contributed by atoms with van der Waals surface area (Å²) < 4.78 is 5.53. The van der Waals surface area contributed by atoms with Crippen molar-refractivity contribution in [2.45, 2.75) is 39.5 Å². The number of fused-ring (bicyclic) bond motifs is 1. The molecule has 0 radical (unpaired) electrons. The van der Waals surface area contributed by atoms with Gasteiger partial charge in [0.05, 0.1) is 23.4 Å². The van der Waals surface area contributed by atoms with Crippen LogP contribution in [0.3, 0.4) is 0 Å². The van der Waals surface area contributed by atoms with Gasteiger partial charge < -0.3 is 9.64 Å². The molecular weight excluding hydrogens is 432 g/mol. The molecule has 3 amide bonds. The average molecular weight is 461 g/mol. The molecular formula is C27H28N2O5. The van der Waals surface area contributed by atoms with Crippen LogP contribution < -0.4 is 14.5 Å². The van der Waals surface area contributed by atoms with Crippen LogP contribution in [0.2, 0.25) is 0 Å². The third kappa shape index (κ3) is 4.00. The summed E-state index contributed by atoms with van der Waals surface area (Å²) in [5.74, 6) is -1.08. The van der Waals surface area contributed by atoms with E-state index in [1.807, 2.05) is 31.2 Å². The zero-order valence-electron chi connectivity index (χ0n) is 19.4. The average Bonchev–Trinajstić information content (AvgIpc) is 3.32. The number of rotatable bonds is 4. The summed E-state index contributed by atoms with van der Waals surface area (Å²) in [6.07, 6.45) is 2.57. The van der Waals surface area contributed by atoms with E-state index in [1.165, 1.54) is 4.90 Å². The maximum absolute atomic E-state index is 12.9. The van der Waals surface area contributed by atoms with Gasteiger partial charge >= 0.3 is 5.97 Å². The Labute approximate surface area is 198 Å². The molecule has 0 N–H and O–H groups in total. The Bertz CT molecular complexity index is 1160. The molecule has 176 valence electrons. The number of aryl methyl sites for hydroxylation is 1. The Hall–Kier alpha value is -3.48. The molecule has 3 aliphatic rings. The van der Waals surface area contributed by atoms with Gasteiger partial charge in [-0.05, 0) is 74.1 Å². The maximum atomic E-state index is 12.9. The highest BCUT2D eigenvalue weighted by atomic mass is 16.5. The summed E-state index contributed by atoms with van der Waals surface area (Å²) >= 11 is 0. The summed E-state index contributed by atoms with van der Waals surface area (Å²) in [4.78, 5) is 53.9. The van der Waals surface area contributed by atoms with Crippen LogP contribution in [0.5, 0.6) is 5.75 Å². The van der Waals surface area contributed by atoms with Gasteiger partial charge in [0.2, 0.25) is 17.7 Å². The number of anilines is 2. The summed E-state index contributed by atoms with van der Waals surface area (Å²) in [6, 6.07) is 14.1. The van der Waals surface area contributed by atoms with Crippen LogP contribution >= 0.6 is 0 Å². The molecule has 1 saturated carbocycles. The van der Waals surface area contributed by atoms with Gasteiger partial charge in [-0.2, -0.15) is 0 Å². The zero-order chi connectivity index (χ0) is 24.0. The first-order valence-electron chi connectivity index (χ1n) is 11.9. The van der Waals surface area contributed by atoms with Crippen LogP contribution in [0.15, 0.2) is 48.5 Å². The standard InChI is InChI=1S/C27H28N2O5/c1-16-4-3-5-20(12-16)28-15-18(14-24(28)30)27(33)34-21-9-7-19(8-10-21)29-25(31)22-11-6-17(2)13-23(22)26(29)32/h3-5,7-10,12,17-18,22-23H,6,11,13-15H2,1-2H3/t17-,18-,22-,23-/m0/s1. The topological polar surface area (TPSA) is 84.0 Å². The van der Waals surface area contributed by atoms with Crippen LogP contribution in [0.4, 0.5) is 11.4 Å². The molecule has 5 rings (SSSR count). The molecule has 7 nitrogen and oxygen atoms in total. The monoisotopic (exact) mass is 460 g/mol. The molecule has 2 saturated heterocycles. The van der Waals surface area contributed by atoms with Crippen molar-refractivity contribution in [3.63, 3.8) is 0 Å². The molecule has 1 aliphatic carbocycles. The van der Waals surface area contributed by atoms with Crippen molar-refractivity contribution in [2.75, 3.05) is 16.3 Å². The maximum Gasteiger partial charge on any atom is 0.316 e. The van der Waals surface area contributed by atoms with Gasteiger partial charge in [-0.3, -0.25) is 24.1 Å². The van der Waals surface area contributed by atoms with Gasteiger partial charge in [-0.15, -0.1) is 0 Å². The summed E-state index contributed by atoms with van der Waals surface area (Å²) in [7, 11) is 0. The molecule has 2 aliphatic heterocycles. The number of carbonyl (C=O) groups excluding carboxylic acids is 4. The number of carbonyl (C=O) groups is 4. The second-order valence-electron chi connectivity index (χ2n) is 9.80. The van der Waals surface area contributed by atoms with Gasteiger partial charge in [0, 0.05) is 18.7 Å². The van der Waals surface area contributed by atoms with Crippen molar-refractivity contribution in [3.05, 3.63) is 54.1 Å². The van der Waals surface area contributed by atoms with Crippen LogP contribution in [0.1, 0.15) is 38.2 Å². The van der Waals surface area contributed by atoms with Crippen molar-refractivity contribution < 1.29 is 23.9 Å². The number of ether oxygens (including phenoxy) is 1. The minimum absolute atomic E-state index is 0.100. The van der Waals surface area contributed by atoms with Gasteiger partial charge in [0.15, 0.2) is 0 Å². The SMILES string of the molecule is Cc1cccc(N2C[C@@H](C(=O)Oc3ccc(N4C(=O)[C@H]5CC[C@H](C)C[C@@H]5C4=O)cc3)CC2=O)c1. The number of nitrogens with zero attached hydrogens (tertiary/aromatic N) is 2. The molecule has 0 aromatic heterocycles. The number of hydrogen-bond donors (Lipinski definition) is 0. The minimum atomic E-state index is -0.556. The number of benzene rings is 2. The number of esters is 1. The molecule has 34 heavy (non-hydrogen) atoms. The quantitative estimate of drug-likeness (QED) is 0.393. The van der Waals surface area contributed by atoms with Crippen molar-refractivity contribution in [2.24, 2.45) is 23.7 Å². The van der Waals surface area contributed by atoms with Crippen LogP contribution in [-0.4, -0.2) is 30.2 Å². The normalized spacial score (nSPS) is 26.7. The van der Waals surface area contributed by atoms with E-state index in [9.17, 15) is 19.2 Å². The van der Waals surface area contributed by atoms with E-state index in [0.29, 0.717) is 17.4 Å². The fourth-order valence-corrected chi connectivity index (χ4v) is 5.42. The van der Waals surface area contributed by atoms with E-state index in [2.05, 4.69) is 6.92 Å². The molecule has 4 atom stereocenters. The summed E-state index contributed by atoms with van der Waals surface area (Å²) in [6.45, 7) is 4.35. The largest absolute Gasteiger partial charge is 0.426 e. The molecule has 3 fully saturated rings. The number of hydrogen-bond acceptors (Lipinski definition) is 5. The second kappa shape index (κ2) is 8.70. The molecule has 2 aromatic rings. The van der Waals surface area contributed by atoms with E-state index in [1.54, 1.807) is 29.2 Å². The molecule has 2 heterocycles. The molecule has 0 bridgehead atoms. The van der Waals surface area contributed by atoms with Crippen molar-refractivity contribution >= 4 is 35.1 Å². The van der Waals surface area contributed by atoms with Gasteiger partial charge in [-0.25, -0.2) is 0 Å². The molecule has 7 heteroatoms. The summed E-state index contributed by atoms with van der Waals surface area (Å²) in [5.41, 5.74) is 2.32. The van der Waals surface area contributed by atoms with E-state index in [-0.39, 0.29) is 42.5 Å². The van der Waals surface area contributed by atoms with Crippen molar-refractivity contribution in [1.82, 2.24) is 0 Å². The number of imide groups is 1. The highest BCUT2D eigenvalue weighted by Crippen LogP contribution is 2.42. The lowest BCUT2D eigenvalue weighted by molar-refractivity contribution is -0.139. The first-order chi connectivity index (χ1) is 16.3. The predicted molar refractivity (Wildman–Crippen MR) is 126 cm³/mol. The fraction of sp³-hybridized carbons (Fsp3) is 0.407. The Morgan fingerprint density at radius 2 is 1.68 bits per heavy atom. The third-order valence-corrected chi connectivity index (χ3v) is 7.27. The lowest BCUT2D eigenvalue weighted by Gasteiger charge is -2.25. The second-order valence-corrected chi connectivity index (χ2v) is 9.80. The summed E-state index contributed by atoms with van der Waals surface area (Å²) in [5, 5.41) is 0. The number of amides is 3. The van der Waals surface area contributed by atoms with E-state index < -0.39 is 11.9 Å². The highest BCUT2D eigenvalue weighted by molar-refractivity contribution is 6.22.